The molecule has 104 valence electrons. The fraction of sp³-hybridized carbons (Fsp3) is 0.538. The van der Waals surface area contributed by atoms with Crippen LogP contribution < -0.4 is 0 Å². The monoisotopic (exact) mass is 283 g/mol. The fourth-order valence-corrected chi connectivity index (χ4v) is 2.80. The molecule has 0 aromatic carbocycles. The Labute approximate surface area is 116 Å². The van der Waals surface area contributed by atoms with E-state index in [0.29, 0.717) is 25.1 Å². The van der Waals surface area contributed by atoms with E-state index in [1.165, 1.54) is 4.90 Å². The van der Waals surface area contributed by atoms with Crippen molar-refractivity contribution < 1.29 is 19.1 Å². The zero-order valence-electron chi connectivity index (χ0n) is 11.0. The highest BCUT2D eigenvalue weighted by atomic mass is 32.2. The third kappa shape index (κ3) is 2.49. The third-order valence-corrected chi connectivity index (χ3v) is 4.08. The summed E-state index contributed by atoms with van der Waals surface area (Å²) in [6, 6.07) is 3.38. The molecule has 1 amide bonds. The number of carboxylic acids is 1. The number of furan rings is 1. The molecule has 1 aliphatic heterocycles. The summed E-state index contributed by atoms with van der Waals surface area (Å²) in [5, 5.41) is 9.30. The van der Waals surface area contributed by atoms with Crippen LogP contribution in [0.4, 0.5) is 0 Å². The van der Waals surface area contributed by atoms with Gasteiger partial charge >= 0.3 is 5.97 Å². The maximum atomic E-state index is 12.3. The van der Waals surface area contributed by atoms with Gasteiger partial charge in [-0.1, -0.05) is 0 Å². The van der Waals surface area contributed by atoms with E-state index in [9.17, 15) is 14.7 Å². The van der Waals surface area contributed by atoms with E-state index in [1.807, 2.05) is 6.26 Å². The number of likely N-dealkylation sites (tertiary alicyclic amines) is 1. The lowest BCUT2D eigenvalue weighted by molar-refractivity contribution is -0.147. The first-order valence-corrected chi connectivity index (χ1v) is 7.51. The first-order valence-electron chi connectivity index (χ1n) is 6.12. The number of amides is 1. The highest BCUT2D eigenvalue weighted by molar-refractivity contribution is 7.97. The van der Waals surface area contributed by atoms with E-state index < -0.39 is 11.5 Å². The molecule has 1 saturated heterocycles. The molecule has 0 bridgehead atoms. The van der Waals surface area contributed by atoms with Gasteiger partial charge in [0.05, 0.1) is 5.75 Å². The first kappa shape index (κ1) is 14.0. The molecule has 5 nitrogen and oxygen atoms in total. The smallest absolute Gasteiger partial charge is 0.329 e. The number of thioether (sulfide) groups is 1. The summed E-state index contributed by atoms with van der Waals surface area (Å²) in [5.41, 5.74) is -1.12. The molecule has 0 spiro atoms. The van der Waals surface area contributed by atoms with Crippen LogP contribution in [0, 0.1) is 0 Å². The Hall–Kier alpha value is -1.43. The number of nitrogens with zero attached hydrogens (tertiary/aromatic N) is 1. The summed E-state index contributed by atoms with van der Waals surface area (Å²) in [4.78, 5) is 25.1. The SMILES string of the molecule is CSCc1ccc(C(=O)N2CCCC2(C)C(=O)O)o1. The van der Waals surface area contributed by atoms with Crippen LogP contribution in [0.1, 0.15) is 36.1 Å². The molecule has 19 heavy (non-hydrogen) atoms. The lowest BCUT2D eigenvalue weighted by Crippen LogP contribution is -2.50. The number of carboxylic acid groups (broad SMARTS) is 1. The van der Waals surface area contributed by atoms with Crippen molar-refractivity contribution in [2.24, 2.45) is 0 Å². The summed E-state index contributed by atoms with van der Waals surface area (Å²) in [7, 11) is 0. The van der Waals surface area contributed by atoms with Crippen molar-refractivity contribution >= 4 is 23.6 Å². The standard InChI is InChI=1S/C13H17NO4S/c1-13(12(16)17)6-3-7-14(13)11(15)10-5-4-9(18-10)8-19-2/h4-5H,3,6-8H2,1-2H3,(H,16,17). The van der Waals surface area contributed by atoms with Crippen molar-refractivity contribution in [3.8, 4) is 0 Å². The molecule has 1 N–H and O–H groups in total. The molecule has 1 atom stereocenters. The van der Waals surface area contributed by atoms with Crippen molar-refractivity contribution in [3.05, 3.63) is 23.7 Å². The van der Waals surface area contributed by atoms with Gasteiger partial charge in [0.1, 0.15) is 11.3 Å². The molecule has 0 radical (unpaired) electrons. The van der Waals surface area contributed by atoms with E-state index >= 15 is 0 Å². The summed E-state index contributed by atoms with van der Waals surface area (Å²) in [6.45, 7) is 2.05. The topological polar surface area (TPSA) is 70.8 Å². The van der Waals surface area contributed by atoms with Gasteiger partial charge in [0.15, 0.2) is 5.76 Å². The molecule has 1 aliphatic rings. The van der Waals surface area contributed by atoms with Gasteiger partial charge in [0.25, 0.3) is 5.91 Å². The highest BCUT2D eigenvalue weighted by Crippen LogP contribution is 2.31. The van der Waals surface area contributed by atoms with Crippen molar-refractivity contribution in [2.75, 3.05) is 12.8 Å². The van der Waals surface area contributed by atoms with E-state index in [1.54, 1.807) is 30.8 Å². The van der Waals surface area contributed by atoms with E-state index in [4.69, 9.17) is 4.42 Å². The predicted molar refractivity (Wildman–Crippen MR) is 72.2 cm³/mol. The molecular formula is C13H17NO4S. The third-order valence-electron chi connectivity index (χ3n) is 3.51. The Kier molecular flexibility index (Phi) is 3.89. The minimum absolute atomic E-state index is 0.221. The predicted octanol–water partition coefficient (Wildman–Crippen LogP) is 2.22. The molecule has 1 fully saturated rings. The van der Waals surface area contributed by atoms with Crippen LogP contribution in [0.25, 0.3) is 0 Å². The Balaban J connectivity index is 2.20. The van der Waals surface area contributed by atoms with Gasteiger partial charge < -0.3 is 14.4 Å². The minimum atomic E-state index is -1.12. The Bertz CT molecular complexity index is 499. The maximum Gasteiger partial charge on any atom is 0.329 e. The van der Waals surface area contributed by atoms with Gasteiger partial charge in [-0.3, -0.25) is 4.79 Å². The molecule has 0 saturated carbocycles. The minimum Gasteiger partial charge on any atom is -0.480 e. The van der Waals surface area contributed by atoms with Crippen molar-refractivity contribution in [1.82, 2.24) is 4.90 Å². The Morgan fingerprint density at radius 2 is 2.26 bits per heavy atom. The summed E-state index contributed by atoms with van der Waals surface area (Å²) in [5.74, 6) is 0.346. The lowest BCUT2D eigenvalue weighted by Gasteiger charge is -2.30. The van der Waals surface area contributed by atoms with E-state index in [0.717, 1.165) is 5.76 Å². The second-order valence-electron chi connectivity index (χ2n) is 4.84. The van der Waals surface area contributed by atoms with E-state index in [2.05, 4.69) is 0 Å². The fourth-order valence-electron chi connectivity index (χ4n) is 2.36. The number of aliphatic carboxylic acids is 1. The number of hydrogen-bond donors (Lipinski definition) is 1. The molecule has 0 aliphatic carbocycles. The second kappa shape index (κ2) is 5.28. The summed E-state index contributed by atoms with van der Waals surface area (Å²) >= 11 is 1.60. The summed E-state index contributed by atoms with van der Waals surface area (Å²) in [6.07, 6.45) is 3.13. The van der Waals surface area contributed by atoms with Crippen LogP contribution in [0.3, 0.4) is 0 Å². The normalized spacial score (nSPS) is 22.7. The van der Waals surface area contributed by atoms with Gasteiger partial charge in [0, 0.05) is 6.54 Å². The number of carbonyl (C=O) groups is 2. The quantitative estimate of drug-likeness (QED) is 0.917. The highest BCUT2D eigenvalue weighted by Gasteiger charge is 2.46. The zero-order chi connectivity index (χ0) is 14.0. The average Bonchev–Trinajstić information content (AvgIpc) is 2.96. The number of carbonyl (C=O) groups excluding carboxylic acids is 1. The molecule has 6 heteroatoms. The van der Waals surface area contributed by atoms with Gasteiger partial charge in [-0.05, 0) is 38.2 Å². The van der Waals surface area contributed by atoms with Crippen LogP contribution in [0.2, 0.25) is 0 Å². The molecular weight excluding hydrogens is 266 g/mol. The van der Waals surface area contributed by atoms with Crippen LogP contribution >= 0.6 is 11.8 Å². The molecule has 2 heterocycles. The molecule has 1 aromatic rings. The van der Waals surface area contributed by atoms with Crippen molar-refractivity contribution in [2.45, 2.75) is 31.1 Å². The Morgan fingerprint density at radius 1 is 1.53 bits per heavy atom. The summed E-state index contributed by atoms with van der Waals surface area (Å²) < 4.78 is 5.47. The molecule has 2 rings (SSSR count). The Morgan fingerprint density at radius 3 is 2.89 bits per heavy atom. The van der Waals surface area contributed by atoms with Gasteiger partial charge in [0.2, 0.25) is 0 Å². The average molecular weight is 283 g/mol. The lowest BCUT2D eigenvalue weighted by atomic mass is 9.99. The van der Waals surface area contributed by atoms with Crippen LogP contribution in [-0.4, -0.2) is 40.2 Å². The number of rotatable bonds is 4. The van der Waals surface area contributed by atoms with E-state index in [-0.39, 0.29) is 11.7 Å². The van der Waals surface area contributed by atoms with Gasteiger partial charge in [-0.2, -0.15) is 11.8 Å². The van der Waals surface area contributed by atoms with Crippen molar-refractivity contribution in [1.29, 1.82) is 0 Å². The molecule has 1 unspecified atom stereocenters. The first-order chi connectivity index (χ1) is 8.99. The van der Waals surface area contributed by atoms with Crippen LogP contribution in [0.5, 0.6) is 0 Å². The van der Waals surface area contributed by atoms with Crippen molar-refractivity contribution in [3.63, 3.8) is 0 Å². The largest absolute Gasteiger partial charge is 0.480 e. The van der Waals surface area contributed by atoms with Gasteiger partial charge in [-0.15, -0.1) is 0 Å². The number of hydrogen-bond acceptors (Lipinski definition) is 4. The molecule has 1 aromatic heterocycles. The zero-order valence-corrected chi connectivity index (χ0v) is 11.8. The second-order valence-corrected chi connectivity index (χ2v) is 5.70. The van der Waals surface area contributed by atoms with Crippen LogP contribution in [0.15, 0.2) is 16.5 Å². The maximum absolute atomic E-state index is 12.3. The van der Waals surface area contributed by atoms with Gasteiger partial charge in [-0.25, -0.2) is 4.79 Å². The van der Waals surface area contributed by atoms with Crippen LogP contribution in [-0.2, 0) is 10.5 Å².